The molecule has 178 valence electrons. The number of H-pyrrole nitrogens is 1. The number of nitrogens with zero attached hydrogens (tertiary/aromatic N) is 2. The summed E-state index contributed by atoms with van der Waals surface area (Å²) in [6.07, 6.45) is -0.678. The molecule has 9 nitrogen and oxygen atoms in total. The molecule has 0 fully saturated rings. The van der Waals surface area contributed by atoms with Crippen molar-refractivity contribution in [1.29, 1.82) is 0 Å². The smallest absolute Gasteiger partial charge is 0.408 e. The lowest BCUT2D eigenvalue weighted by molar-refractivity contribution is -0.127. The van der Waals surface area contributed by atoms with Crippen LogP contribution in [0.2, 0.25) is 0 Å². The molecule has 0 spiro atoms. The molecule has 1 heterocycles. The number of hydrogen-bond acceptors (Lipinski definition) is 6. The lowest BCUT2D eigenvalue weighted by atomic mass is 10.0. The van der Waals surface area contributed by atoms with E-state index in [4.69, 9.17) is 21.7 Å². The fourth-order valence-electron chi connectivity index (χ4n) is 2.67. The van der Waals surface area contributed by atoms with Crippen LogP contribution in [0.4, 0.5) is 4.79 Å². The van der Waals surface area contributed by atoms with Crippen molar-refractivity contribution in [2.45, 2.75) is 65.8 Å². The Kier molecular flexibility index (Phi) is 9.59. The molecule has 0 unspecified atom stereocenters. The van der Waals surface area contributed by atoms with E-state index in [2.05, 4.69) is 20.8 Å². The Morgan fingerprint density at radius 3 is 2.34 bits per heavy atom. The van der Waals surface area contributed by atoms with E-state index < -0.39 is 29.2 Å². The molecule has 2 amide bonds. The third-order valence-corrected chi connectivity index (χ3v) is 4.67. The molecular formula is C22H35N5O4S. The highest BCUT2D eigenvalue weighted by molar-refractivity contribution is 7.71. The van der Waals surface area contributed by atoms with Gasteiger partial charge in [0.2, 0.25) is 5.91 Å². The minimum atomic E-state index is -1.23. The molecular weight excluding hydrogens is 430 g/mol. The zero-order chi connectivity index (χ0) is 23.2. The van der Waals surface area contributed by atoms with E-state index in [1.54, 1.807) is 46.2 Å². The van der Waals surface area contributed by atoms with Crippen molar-refractivity contribution in [1.82, 2.24) is 25.4 Å². The number of benzene rings is 1. The summed E-state index contributed by atoms with van der Waals surface area (Å²) in [7, 11) is 1.75. The van der Waals surface area contributed by atoms with Gasteiger partial charge in [-0.25, -0.2) is 4.79 Å². The summed E-state index contributed by atoms with van der Waals surface area (Å²) in [4.78, 5) is 25.1. The van der Waals surface area contributed by atoms with Crippen LogP contribution < -0.4 is 10.6 Å². The number of aromatic amines is 1. The molecule has 2 aromatic rings. The maximum Gasteiger partial charge on any atom is 0.408 e. The third-order valence-electron chi connectivity index (χ3n) is 4.31. The quantitative estimate of drug-likeness (QED) is 0.512. The highest BCUT2D eigenvalue weighted by atomic mass is 32.1. The van der Waals surface area contributed by atoms with Crippen molar-refractivity contribution in [2.75, 3.05) is 6.61 Å². The average Bonchev–Trinajstić information content (AvgIpc) is 2.98. The maximum absolute atomic E-state index is 13.0. The van der Waals surface area contributed by atoms with Crippen molar-refractivity contribution < 1.29 is 19.1 Å². The van der Waals surface area contributed by atoms with Crippen LogP contribution in [-0.4, -0.2) is 44.5 Å². The molecule has 0 saturated carbocycles. The van der Waals surface area contributed by atoms with Gasteiger partial charge in [0.1, 0.15) is 17.2 Å². The predicted octanol–water partition coefficient (Wildman–Crippen LogP) is 3.79. The Labute approximate surface area is 194 Å². The number of rotatable bonds is 8. The number of carbonyl (C=O) groups excluding carboxylic acids is 2. The normalized spacial score (nSPS) is 12.4. The Balaban J connectivity index is 0.00000512. The van der Waals surface area contributed by atoms with E-state index in [1.165, 1.54) is 0 Å². The van der Waals surface area contributed by atoms with Crippen LogP contribution >= 0.6 is 12.2 Å². The van der Waals surface area contributed by atoms with E-state index in [-0.39, 0.29) is 14.0 Å². The molecule has 1 aromatic carbocycles. The molecule has 0 aliphatic heterocycles. The van der Waals surface area contributed by atoms with E-state index in [0.29, 0.717) is 17.2 Å². The maximum atomic E-state index is 13.0. The summed E-state index contributed by atoms with van der Waals surface area (Å²) in [5.41, 5.74) is -0.895. The van der Waals surface area contributed by atoms with Crippen LogP contribution in [0.5, 0.6) is 0 Å². The van der Waals surface area contributed by atoms with Crippen LogP contribution in [0.25, 0.3) is 0 Å². The van der Waals surface area contributed by atoms with Gasteiger partial charge < -0.3 is 24.7 Å². The minimum absolute atomic E-state index is 0. The van der Waals surface area contributed by atoms with Crippen LogP contribution in [0, 0.1) is 4.77 Å². The first-order chi connectivity index (χ1) is 14.4. The zero-order valence-corrected chi connectivity index (χ0v) is 19.6. The molecule has 0 aliphatic carbocycles. The van der Waals surface area contributed by atoms with Gasteiger partial charge in [-0.15, -0.1) is 0 Å². The Bertz CT molecular complexity index is 947. The molecule has 0 bridgehead atoms. The number of nitrogens with one attached hydrogen (secondary N) is 3. The lowest BCUT2D eigenvalue weighted by Gasteiger charge is -2.29. The summed E-state index contributed by atoms with van der Waals surface area (Å²) in [6, 6.07) is 9.12. The fraction of sp³-hybridized carbons (Fsp3) is 0.545. The van der Waals surface area contributed by atoms with E-state index in [1.807, 2.05) is 30.3 Å². The Morgan fingerprint density at radius 1 is 1.19 bits per heavy atom. The van der Waals surface area contributed by atoms with E-state index in [9.17, 15) is 9.59 Å². The second-order valence-corrected chi connectivity index (χ2v) is 9.11. The lowest BCUT2D eigenvalue weighted by Crippen LogP contribution is -2.56. The average molecular weight is 466 g/mol. The Hall–Kier alpha value is -2.72. The molecule has 0 aliphatic rings. The van der Waals surface area contributed by atoms with Gasteiger partial charge in [-0.05, 0) is 52.4 Å². The van der Waals surface area contributed by atoms with Gasteiger partial charge in [0, 0.05) is 7.05 Å². The third kappa shape index (κ3) is 8.08. The zero-order valence-electron chi connectivity index (χ0n) is 18.8. The fourth-order valence-corrected chi connectivity index (χ4v) is 2.81. The summed E-state index contributed by atoms with van der Waals surface area (Å²) in [5, 5.41) is 12.4. The first-order valence-corrected chi connectivity index (χ1v) is 10.3. The number of aromatic nitrogens is 3. The molecule has 32 heavy (non-hydrogen) atoms. The van der Waals surface area contributed by atoms with Crippen molar-refractivity contribution in [3.63, 3.8) is 0 Å². The SMILES string of the molecule is C.Cn1c([C@@H](COCc2ccccc2)NC(=O)C(C)(C)NC(=O)OC(C)(C)C)n[nH]c1=S. The van der Waals surface area contributed by atoms with E-state index in [0.717, 1.165) is 5.56 Å². The van der Waals surface area contributed by atoms with Gasteiger partial charge in [0.25, 0.3) is 0 Å². The van der Waals surface area contributed by atoms with Gasteiger partial charge in [-0.3, -0.25) is 9.89 Å². The molecule has 2 rings (SSSR count). The highest BCUT2D eigenvalue weighted by Gasteiger charge is 2.34. The number of hydrogen-bond donors (Lipinski definition) is 3. The van der Waals surface area contributed by atoms with Gasteiger partial charge in [-0.1, -0.05) is 37.8 Å². The first-order valence-electron chi connectivity index (χ1n) is 9.94. The van der Waals surface area contributed by atoms with Gasteiger partial charge in [-0.2, -0.15) is 5.10 Å². The van der Waals surface area contributed by atoms with Crippen LogP contribution in [-0.2, 0) is 27.9 Å². The number of alkyl carbamates (subject to hydrolysis) is 1. The van der Waals surface area contributed by atoms with Crippen LogP contribution in [0.15, 0.2) is 30.3 Å². The largest absolute Gasteiger partial charge is 0.444 e. The molecule has 1 atom stereocenters. The van der Waals surface area contributed by atoms with Crippen molar-refractivity contribution in [2.24, 2.45) is 7.05 Å². The van der Waals surface area contributed by atoms with Crippen LogP contribution in [0.1, 0.15) is 59.5 Å². The molecule has 1 aromatic heterocycles. The summed E-state index contributed by atoms with van der Waals surface area (Å²) < 4.78 is 13.2. The number of ether oxygens (including phenoxy) is 2. The molecule has 3 N–H and O–H groups in total. The van der Waals surface area contributed by atoms with Crippen molar-refractivity contribution in [3.05, 3.63) is 46.5 Å². The monoisotopic (exact) mass is 465 g/mol. The summed E-state index contributed by atoms with van der Waals surface area (Å²) >= 11 is 5.19. The van der Waals surface area contributed by atoms with E-state index >= 15 is 0 Å². The minimum Gasteiger partial charge on any atom is -0.444 e. The topological polar surface area (TPSA) is 110 Å². The van der Waals surface area contributed by atoms with Gasteiger partial charge in [0.05, 0.1) is 13.2 Å². The molecule has 0 saturated heterocycles. The van der Waals surface area contributed by atoms with Crippen molar-refractivity contribution >= 4 is 24.2 Å². The summed E-state index contributed by atoms with van der Waals surface area (Å²) in [5.74, 6) is 0.0973. The standard InChI is InChI=1S/C21H31N5O4S.CH4/c1-20(2,3)30-19(28)23-21(4,5)17(27)22-15(16-24-25-18(31)26(16)6)13-29-12-14-10-8-7-9-11-14;/h7-11,15H,12-13H2,1-6H3,(H,22,27)(H,23,28)(H,25,31);1H4/t15-;/m1./s1. The predicted molar refractivity (Wildman–Crippen MR) is 126 cm³/mol. The van der Waals surface area contributed by atoms with Crippen molar-refractivity contribution in [3.8, 4) is 0 Å². The van der Waals surface area contributed by atoms with Gasteiger partial charge in [0.15, 0.2) is 10.6 Å². The molecule has 10 heteroatoms. The van der Waals surface area contributed by atoms with Crippen LogP contribution in [0.3, 0.4) is 0 Å². The Morgan fingerprint density at radius 2 is 1.81 bits per heavy atom. The first kappa shape index (κ1) is 27.3. The highest BCUT2D eigenvalue weighted by Crippen LogP contribution is 2.15. The summed E-state index contributed by atoms with van der Waals surface area (Å²) in [6.45, 7) is 8.99. The second-order valence-electron chi connectivity index (χ2n) is 8.72. The number of amides is 2. The number of carbonyl (C=O) groups is 2. The molecule has 0 radical (unpaired) electrons. The van der Waals surface area contributed by atoms with Gasteiger partial charge >= 0.3 is 6.09 Å². The second kappa shape index (κ2) is 11.2.